The van der Waals surface area contributed by atoms with Crippen LogP contribution in [0, 0.1) is 0 Å². The average Bonchev–Trinajstić information content (AvgIpc) is 3.20. The molecule has 2 N–H and O–H groups in total. The van der Waals surface area contributed by atoms with Crippen LogP contribution in [-0.4, -0.2) is 27.5 Å². The summed E-state index contributed by atoms with van der Waals surface area (Å²) in [6, 6.07) is 14.9. The highest BCUT2D eigenvalue weighted by Gasteiger charge is 2.07. The van der Waals surface area contributed by atoms with Crippen LogP contribution in [0.25, 0.3) is 0 Å². The normalized spacial score (nSPS) is 10.3. The van der Waals surface area contributed by atoms with E-state index in [0.29, 0.717) is 24.0 Å². The quantitative estimate of drug-likeness (QED) is 0.408. The van der Waals surface area contributed by atoms with Crippen molar-refractivity contribution in [3.63, 3.8) is 0 Å². The van der Waals surface area contributed by atoms with Gasteiger partial charge < -0.3 is 20.1 Å². The Hall–Kier alpha value is -3.39. The minimum Gasteiger partial charge on any atom is -0.471 e. The molecule has 156 valence electrons. The van der Waals surface area contributed by atoms with E-state index < -0.39 is 0 Å². The monoisotopic (exact) mass is 424 g/mol. The zero-order valence-electron chi connectivity index (χ0n) is 16.9. The number of carbonyl (C=O) groups excluding carboxylic acids is 1. The third kappa shape index (κ3) is 6.05. The minimum absolute atomic E-state index is 0.294. The van der Waals surface area contributed by atoms with E-state index in [2.05, 4.69) is 34.8 Å². The summed E-state index contributed by atoms with van der Waals surface area (Å²) in [6.07, 6.45) is 4.47. The molecule has 0 fully saturated rings. The van der Waals surface area contributed by atoms with Gasteiger partial charge in [0.15, 0.2) is 11.8 Å². The van der Waals surface area contributed by atoms with Crippen molar-refractivity contribution in [2.45, 2.75) is 27.0 Å². The second-order valence-corrected chi connectivity index (χ2v) is 6.82. The van der Waals surface area contributed by atoms with Gasteiger partial charge in [-0.1, -0.05) is 19.1 Å². The van der Waals surface area contributed by atoms with E-state index in [1.165, 1.54) is 5.56 Å². The number of aromatic nitrogens is 2. The first-order valence-corrected chi connectivity index (χ1v) is 10.1. The molecule has 0 radical (unpaired) electrons. The Morgan fingerprint density at radius 1 is 1.03 bits per heavy atom. The van der Waals surface area contributed by atoms with E-state index in [4.69, 9.17) is 21.7 Å². The lowest BCUT2D eigenvalue weighted by molar-refractivity contribution is 0.0526. The van der Waals surface area contributed by atoms with E-state index in [0.717, 1.165) is 23.5 Å². The molecular weight excluding hydrogens is 400 g/mol. The summed E-state index contributed by atoms with van der Waals surface area (Å²) in [5.74, 6) is 0.446. The zero-order valence-corrected chi connectivity index (χ0v) is 17.7. The first kappa shape index (κ1) is 21.3. The molecule has 0 aliphatic heterocycles. The maximum absolute atomic E-state index is 11.7. The Morgan fingerprint density at radius 2 is 1.73 bits per heavy atom. The van der Waals surface area contributed by atoms with Gasteiger partial charge in [-0.2, -0.15) is 5.10 Å². The first-order valence-electron chi connectivity index (χ1n) is 9.66. The lowest BCUT2D eigenvalue weighted by Gasteiger charge is -2.09. The number of hydrogen-bond donors (Lipinski definition) is 2. The zero-order chi connectivity index (χ0) is 21.3. The molecule has 0 aliphatic rings. The average molecular weight is 425 g/mol. The lowest BCUT2D eigenvalue weighted by Crippen LogP contribution is -2.18. The Balaban J connectivity index is 1.48. The fourth-order valence-electron chi connectivity index (χ4n) is 2.66. The number of thiocarbonyl (C=S) groups is 1. The van der Waals surface area contributed by atoms with Crippen LogP contribution >= 0.6 is 12.2 Å². The maximum Gasteiger partial charge on any atom is 0.338 e. The molecule has 8 heteroatoms. The van der Waals surface area contributed by atoms with Crippen LogP contribution in [0.1, 0.15) is 29.8 Å². The second-order valence-electron chi connectivity index (χ2n) is 6.42. The summed E-state index contributed by atoms with van der Waals surface area (Å²) >= 11 is 5.34. The molecular formula is C22H24N4O3S. The van der Waals surface area contributed by atoms with Crippen LogP contribution in [0.4, 0.5) is 11.4 Å². The number of nitrogens with zero attached hydrogens (tertiary/aromatic N) is 2. The summed E-state index contributed by atoms with van der Waals surface area (Å²) < 4.78 is 12.4. The summed E-state index contributed by atoms with van der Waals surface area (Å²) in [5.41, 5.74) is 3.25. The van der Waals surface area contributed by atoms with Crippen LogP contribution in [-0.2, 0) is 17.9 Å². The highest BCUT2D eigenvalue weighted by molar-refractivity contribution is 7.80. The maximum atomic E-state index is 11.7. The van der Waals surface area contributed by atoms with E-state index in [9.17, 15) is 4.79 Å². The number of carbonyl (C=O) groups is 1. The molecule has 7 nitrogen and oxygen atoms in total. The molecule has 0 unspecified atom stereocenters. The van der Waals surface area contributed by atoms with E-state index >= 15 is 0 Å². The molecule has 1 heterocycles. The minimum atomic E-state index is -0.347. The molecule has 0 spiro atoms. The van der Waals surface area contributed by atoms with Crippen molar-refractivity contribution in [2.24, 2.45) is 0 Å². The Bertz CT molecular complexity index is 984. The lowest BCUT2D eigenvalue weighted by atomic mass is 10.2. The molecule has 30 heavy (non-hydrogen) atoms. The number of hydrogen-bond acceptors (Lipinski definition) is 5. The number of rotatable bonds is 8. The summed E-state index contributed by atoms with van der Waals surface area (Å²) in [6.45, 7) is 4.53. The number of ether oxygens (including phenoxy) is 2. The van der Waals surface area contributed by atoms with Gasteiger partial charge in [-0.05, 0) is 67.5 Å². The molecule has 0 aliphatic carbocycles. The summed E-state index contributed by atoms with van der Waals surface area (Å²) in [4.78, 5) is 11.7. The van der Waals surface area contributed by atoms with E-state index in [-0.39, 0.29) is 5.97 Å². The molecule has 0 saturated carbocycles. The van der Waals surface area contributed by atoms with Crippen LogP contribution < -0.4 is 15.4 Å². The third-order valence-electron chi connectivity index (χ3n) is 4.24. The van der Waals surface area contributed by atoms with Gasteiger partial charge in [0, 0.05) is 5.69 Å². The van der Waals surface area contributed by atoms with Crippen molar-refractivity contribution in [2.75, 3.05) is 17.2 Å². The molecule has 3 rings (SSSR count). The van der Waals surface area contributed by atoms with E-state index in [1.54, 1.807) is 48.3 Å². The topological polar surface area (TPSA) is 77.4 Å². The fraction of sp³-hybridized carbons (Fsp3) is 0.227. The smallest absolute Gasteiger partial charge is 0.338 e. The van der Waals surface area contributed by atoms with Gasteiger partial charge in [0.05, 0.1) is 30.3 Å². The van der Waals surface area contributed by atoms with Gasteiger partial charge in [0.25, 0.3) is 0 Å². The molecule has 0 atom stereocenters. The van der Waals surface area contributed by atoms with Gasteiger partial charge >= 0.3 is 5.97 Å². The van der Waals surface area contributed by atoms with Crippen LogP contribution in [0.2, 0.25) is 0 Å². The third-order valence-corrected chi connectivity index (χ3v) is 4.44. The first-order chi connectivity index (χ1) is 14.6. The number of anilines is 2. The number of esters is 1. The Labute approximate surface area is 181 Å². The molecule has 1 aromatic heterocycles. The highest BCUT2D eigenvalue weighted by atomic mass is 32.1. The summed E-state index contributed by atoms with van der Waals surface area (Å²) in [7, 11) is 0. The summed E-state index contributed by atoms with van der Waals surface area (Å²) in [5, 5.41) is 10.8. The van der Waals surface area contributed by atoms with Crippen LogP contribution in [0.3, 0.4) is 0 Å². The molecule has 3 aromatic rings. The fourth-order valence-corrected chi connectivity index (χ4v) is 2.89. The van der Waals surface area contributed by atoms with Crippen molar-refractivity contribution < 1.29 is 14.3 Å². The number of aryl methyl sites for hydroxylation is 1. The predicted molar refractivity (Wildman–Crippen MR) is 121 cm³/mol. The molecule has 2 aromatic carbocycles. The van der Waals surface area contributed by atoms with Crippen molar-refractivity contribution in [1.82, 2.24) is 9.78 Å². The van der Waals surface area contributed by atoms with Crippen molar-refractivity contribution in [1.29, 1.82) is 0 Å². The van der Waals surface area contributed by atoms with Gasteiger partial charge in [0.1, 0.15) is 5.75 Å². The largest absolute Gasteiger partial charge is 0.471 e. The predicted octanol–water partition coefficient (Wildman–Crippen LogP) is 4.47. The van der Waals surface area contributed by atoms with E-state index in [1.807, 2.05) is 12.1 Å². The Morgan fingerprint density at radius 3 is 2.40 bits per heavy atom. The standard InChI is InChI=1S/C22H24N4O3S/c1-3-16-5-11-20(12-6-16)29-15-26-14-19(13-23-26)25-22(30)24-18-9-7-17(8-10-18)21(27)28-4-2/h5-14H,3-4,15H2,1-2H3,(H2,24,25,30). The highest BCUT2D eigenvalue weighted by Crippen LogP contribution is 2.14. The van der Waals surface area contributed by atoms with Crippen molar-refractivity contribution >= 4 is 34.7 Å². The number of nitrogens with one attached hydrogen (secondary N) is 2. The number of benzene rings is 2. The van der Waals surface area contributed by atoms with Gasteiger partial charge in [-0.15, -0.1) is 0 Å². The molecule has 0 amide bonds. The molecule has 0 bridgehead atoms. The van der Waals surface area contributed by atoms with Crippen LogP contribution in [0.15, 0.2) is 60.9 Å². The van der Waals surface area contributed by atoms with Gasteiger partial charge in [-0.25, -0.2) is 9.48 Å². The van der Waals surface area contributed by atoms with Crippen LogP contribution in [0.5, 0.6) is 5.75 Å². The van der Waals surface area contributed by atoms with Crippen molar-refractivity contribution in [3.8, 4) is 5.75 Å². The SMILES string of the molecule is CCOC(=O)c1ccc(NC(=S)Nc2cnn(COc3ccc(CC)cc3)c2)cc1. The second kappa shape index (κ2) is 10.4. The van der Waals surface area contributed by atoms with Gasteiger partial charge in [-0.3, -0.25) is 0 Å². The Kier molecular flexibility index (Phi) is 7.40. The van der Waals surface area contributed by atoms with Gasteiger partial charge in [0.2, 0.25) is 0 Å². The van der Waals surface area contributed by atoms with Crippen molar-refractivity contribution in [3.05, 3.63) is 72.1 Å². The molecule has 0 saturated heterocycles.